The minimum atomic E-state index is -0.595. The van der Waals surface area contributed by atoms with Crippen molar-refractivity contribution >= 4 is 5.71 Å². The van der Waals surface area contributed by atoms with Crippen molar-refractivity contribution in [2.75, 3.05) is 6.54 Å². The van der Waals surface area contributed by atoms with E-state index in [1.807, 2.05) is 12.1 Å². The van der Waals surface area contributed by atoms with Gasteiger partial charge >= 0.3 is 0 Å². The normalized spacial score (nSPS) is 16.1. The van der Waals surface area contributed by atoms with Crippen molar-refractivity contribution in [2.45, 2.75) is 12.8 Å². The zero-order chi connectivity index (χ0) is 7.40. The molecule has 0 aromatic rings. The van der Waals surface area contributed by atoms with Gasteiger partial charge in [0.2, 0.25) is 0 Å². The van der Waals surface area contributed by atoms with Gasteiger partial charge in [-0.2, -0.15) is 10.5 Å². The highest BCUT2D eigenvalue weighted by Crippen LogP contribution is 2.10. The fourth-order valence-electron chi connectivity index (χ4n) is 0.975. The third kappa shape index (κ3) is 1.14. The third-order valence-corrected chi connectivity index (χ3v) is 1.50. The molecule has 3 heteroatoms. The summed E-state index contributed by atoms with van der Waals surface area (Å²) < 4.78 is 0. The molecule has 50 valence electrons. The van der Waals surface area contributed by atoms with Gasteiger partial charge in [-0.3, -0.25) is 4.99 Å². The molecule has 1 aliphatic rings. The SMILES string of the molecule is N#CC(C#N)C1=NCCC1. The standard InChI is InChI=1S/C7H7N3/c8-4-6(5-9)7-2-1-3-10-7/h6H,1-3H2. The molecule has 10 heavy (non-hydrogen) atoms. The molecule has 0 atom stereocenters. The van der Waals surface area contributed by atoms with E-state index < -0.39 is 5.92 Å². The van der Waals surface area contributed by atoms with Crippen LogP contribution in [0.2, 0.25) is 0 Å². The molecule has 0 amide bonds. The van der Waals surface area contributed by atoms with Crippen molar-refractivity contribution < 1.29 is 0 Å². The highest BCUT2D eigenvalue weighted by molar-refractivity contribution is 5.92. The number of hydrogen-bond acceptors (Lipinski definition) is 3. The predicted molar refractivity (Wildman–Crippen MR) is 36.3 cm³/mol. The molecule has 0 fully saturated rings. The van der Waals surface area contributed by atoms with E-state index in [4.69, 9.17) is 10.5 Å². The average molecular weight is 133 g/mol. The number of hydrogen-bond donors (Lipinski definition) is 0. The molecule has 0 saturated carbocycles. The minimum absolute atomic E-state index is 0.595. The lowest BCUT2D eigenvalue weighted by atomic mass is 10.1. The van der Waals surface area contributed by atoms with Crippen LogP contribution >= 0.6 is 0 Å². The Labute approximate surface area is 59.6 Å². The van der Waals surface area contributed by atoms with E-state index >= 15 is 0 Å². The maximum Gasteiger partial charge on any atom is 0.170 e. The molecule has 0 N–H and O–H groups in total. The fourth-order valence-corrected chi connectivity index (χ4v) is 0.975. The Morgan fingerprint density at radius 3 is 2.50 bits per heavy atom. The summed E-state index contributed by atoms with van der Waals surface area (Å²) in [5.41, 5.74) is 0.769. The van der Waals surface area contributed by atoms with E-state index in [1.54, 1.807) is 0 Å². The van der Waals surface area contributed by atoms with Gasteiger partial charge in [-0.1, -0.05) is 0 Å². The summed E-state index contributed by atoms with van der Waals surface area (Å²) >= 11 is 0. The lowest BCUT2D eigenvalue weighted by molar-refractivity contribution is 0.946. The molecule has 0 spiro atoms. The van der Waals surface area contributed by atoms with Gasteiger partial charge in [0.1, 0.15) is 0 Å². The summed E-state index contributed by atoms with van der Waals surface area (Å²) in [5, 5.41) is 16.9. The summed E-state index contributed by atoms with van der Waals surface area (Å²) in [6.07, 6.45) is 1.82. The molecule has 0 aromatic heterocycles. The zero-order valence-corrected chi connectivity index (χ0v) is 5.54. The second kappa shape index (κ2) is 2.98. The van der Waals surface area contributed by atoms with Crippen LogP contribution in [0.3, 0.4) is 0 Å². The first-order valence-electron chi connectivity index (χ1n) is 3.21. The van der Waals surface area contributed by atoms with Gasteiger partial charge in [0.05, 0.1) is 12.1 Å². The predicted octanol–water partition coefficient (Wildman–Crippen LogP) is 0.885. The van der Waals surface area contributed by atoms with Crippen LogP contribution in [0.15, 0.2) is 4.99 Å². The molecule has 1 rings (SSSR count). The van der Waals surface area contributed by atoms with Crippen molar-refractivity contribution in [1.29, 1.82) is 10.5 Å². The van der Waals surface area contributed by atoms with Crippen molar-refractivity contribution in [3.05, 3.63) is 0 Å². The molecular weight excluding hydrogens is 126 g/mol. The Hall–Kier alpha value is -1.35. The van der Waals surface area contributed by atoms with Crippen molar-refractivity contribution in [2.24, 2.45) is 10.9 Å². The van der Waals surface area contributed by atoms with Gasteiger partial charge in [0.25, 0.3) is 0 Å². The summed E-state index contributed by atoms with van der Waals surface area (Å²) in [4.78, 5) is 4.05. The minimum Gasteiger partial charge on any atom is -0.292 e. The van der Waals surface area contributed by atoms with E-state index in [0.29, 0.717) is 0 Å². The number of aliphatic imine (C=N–C) groups is 1. The largest absolute Gasteiger partial charge is 0.292 e. The van der Waals surface area contributed by atoms with E-state index in [2.05, 4.69) is 4.99 Å². The monoisotopic (exact) mass is 133 g/mol. The lowest BCUT2D eigenvalue weighted by Gasteiger charge is -1.94. The number of rotatable bonds is 1. The van der Waals surface area contributed by atoms with Crippen LogP contribution in [0.25, 0.3) is 0 Å². The third-order valence-electron chi connectivity index (χ3n) is 1.50. The highest BCUT2D eigenvalue weighted by Gasteiger charge is 2.16. The van der Waals surface area contributed by atoms with Gasteiger partial charge in [0, 0.05) is 12.3 Å². The molecule has 0 radical (unpaired) electrons. The maximum atomic E-state index is 8.43. The van der Waals surface area contributed by atoms with E-state index in [9.17, 15) is 0 Å². The van der Waals surface area contributed by atoms with E-state index in [-0.39, 0.29) is 0 Å². The van der Waals surface area contributed by atoms with Crippen molar-refractivity contribution in [1.82, 2.24) is 0 Å². The Kier molecular flexibility index (Phi) is 2.02. The quantitative estimate of drug-likeness (QED) is 0.533. The summed E-state index contributed by atoms with van der Waals surface area (Å²) in [6, 6.07) is 3.80. The van der Waals surface area contributed by atoms with Crippen LogP contribution in [0.4, 0.5) is 0 Å². The Balaban J connectivity index is 2.66. The van der Waals surface area contributed by atoms with Crippen LogP contribution < -0.4 is 0 Å². The maximum absolute atomic E-state index is 8.43. The van der Waals surface area contributed by atoms with E-state index in [1.165, 1.54) is 0 Å². The molecular formula is C7H7N3. The topological polar surface area (TPSA) is 59.9 Å². The Morgan fingerprint density at radius 2 is 2.10 bits per heavy atom. The van der Waals surface area contributed by atoms with Gasteiger partial charge < -0.3 is 0 Å². The van der Waals surface area contributed by atoms with Crippen molar-refractivity contribution in [3.8, 4) is 12.1 Å². The van der Waals surface area contributed by atoms with Crippen LogP contribution in [0.1, 0.15) is 12.8 Å². The second-order valence-corrected chi connectivity index (χ2v) is 2.17. The summed E-state index contributed by atoms with van der Waals surface area (Å²) in [5.74, 6) is -0.595. The van der Waals surface area contributed by atoms with Gasteiger partial charge in [0.15, 0.2) is 5.92 Å². The first-order chi connectivity index (χ1) is 4.88. The first kappa shape index (κ1) is 6.77. The fraction of sp³-hybridized carbons (Fsp3) is 0.571. The molecule has 0 unspecified atom stereocenters. The Morgan fingerprint density at radius 1 is 1.40 bits per heavy atom. The molecule has 1 heterocycles. The number of nitrogens with zero attached hydrogens (tertiary/aromatic N) is 3. The summed E-state index contributed by atoms with van der Waals surface area (Å²) in [7, 11) is 0. The molecule has 0 bridgehead atoms. The zero-order valence-electron chi connectivity index (χ0n) is 5.54. The Bertz CT molecular complexity index is 214. The van der Waals surface area contributed by atoms with Crippen LogP contribution in [0, 0.1) is 28.6 Å². The molecule has 0 aliphatic carbocycles. The van der Waals surface area contributed by atoms with Gasteiger partial charge in [-0.15, -0.1) is 0 Å². The average Bonchev–Trinajstić information content (AvgIpc) is 2.43. The van der Waals surface area contributed by atoms with Gasteiger partial charge in [-0.25, -0.2) is 0 Å². The number of nitriles is 2. The lowest BCUT2D eigenvalue weighted by Crippen LogP contribution is -2.06. The summed E-state index contributed by atoms with van der Waals surface area (Å²) in [6.45, 7) is 0.787. The second-order valence-electron chi connectivity index (χ2n) is 2.17. The smallest absolute Gasteiger partial charge is 0.170 e. The first-order valence-corrected chi connectivity index (χ1v) is 3.21. The molecule has 3 nitrogen and oxygen atoms in total. The molecule has 0 saturated heterocycles. The van der Waals surface area contributed by atoms with E-state index in [0.717, 1.165) is 25.1 Å². The van der Waals surface area contributed by atoms with Gasteiger partial charge in [-0.05, 0) is 12.8 Å². The molecule has 1 aliphatic heterocycles. The van der Waals surface area contributed by atoms with Crippen LogP contribution in [0.5, 0.6) is 0 Å². The highest BCUT2D eigenvalue weighted by atomic mass is 14.8. The van der Waals surface area contributed by atoms with Crippen LogP contribution in [-0.4, -0.2) is 12.3 Å². The van der Waals surface area contributed by atoms with Crippen LogP contribution in [-0.2, 0) is 0 Å². The van der Waals surface area contributed by atoms with Crippen molar-refractivity contribution in [3.63, 3.8) is 0 Å². The molecule has 0 aromatic carbocycles.